The topological polar surface area (TPSA) is 21.6 Å². The maximum Gasteiger partial charge on any atom is 0.113 e. The van der Waals surface area contributed by atoms with E-state index in [1.807, 2.05) is 0 Å². The van der Waals surface area contributed by atoms with Crippen LogP contribution in [0.5, 0.6) is 0 Å². The number of nitrogens with zero attached hydrogens (tertiary/aromatic N) is 1. The number of methoxy groups -OCH3 is 1. The first kappa shape index (κ1) is 6.95. The first-order valence-corrected chi connectivity index (χ1v) is 2.16. The van der Waals surface area contributed by atoms with Gasteiger partial charge in [0.05, 0.1) is 7.11 Å². The molecule has 0 aromatic heterocycles. The van der Waals surface area contributed by atoms with Crippen molar-refractivity contribution in [1.82, 2.24) is 0 Å². The summed E-state index contributed by atoms with van der Waals surface area (Å²) in [4.78, 5) is 3.45. The van der Waals surface area contributed by atoms with Gasteiger partial charge in [0, 0.05) is 6.20 Å². The summed E-state index contributed by atoms with van der Waals surface area (Å²) >= 11 is 0. The van der Waals surface area contributed by atoms with Gasteiger partial charge in [0.2, 0.25) is 0 Å². The fourth-order valence-corrected chi connectivity index (χ4v) is 0.204. The van der Waals surface area contributed by atoms with E-state index >= 15 is 0 Å². The molecule has 0 heterocycles. The molecule has 0 aromatic rings. The molecule has 44 valence electrons. The quantitative estimate of drug-likeness (QED) is 0.306. The Balaban J connectivity index is 3.52. The van der Waals surface area contributed by atoms with Gasteiger partial charge in [-0.05, 0) is 12.8 Å². The molecule has 0 spiro atoms. The van der Waals surface area contributed by atoms with Gasteiger partial charge in [-0.1, -0.05) is 6.58 Å². The van der Waals surface area contributed by atoms with Gasteiger partial charge in [-0.25, -0.2) is 0 Å². The highest BCUT2D eigenvalue weighted by Gasteiger charge is 1.76. The summed E-state index contributed by atoms with van der Waals surface area (Å²) in [5, 5.41) is 0. The molecule has 0 amide bonds. The van der Waals surface area contributed by atoms with Crippen LogP contribution < -0.4 is 0 Å². The Kier molecular flexibility index (Phi) is 3.58. The predicted molar refractivity (Wildman–Crippen MR) is 34.8 cm³/mol. The largest absolute Gasteiger partial charge is 0.497 e. The van der Waals surface area contributed by atoms with E-state index in [4.69, 9.17) is 0 Å². The fourth-order valence-electron chi connectivity index (χ4n) is 0.204. The summed E-state index contributed by atoms with van der Waals surface area (Å²) < 4.78 is 4.68. The van der Waals surface area contributed by atoms with Gasteiger partial charge in [0.1, 0.15) is 5.76 Å². The van der Waals surface area contributed by atoms with Crippen molar-refractivity contribution >= 4 is 6.72 Å². The Hall–Kier alpha value is -1.05. The van der Waals surface area contributed by atoms with E-state index in [0.717, 1.165) is 0 Å². The lowest BCUT2D eigenvalue weighted by atomic mass is 10.5. The Bertz CT molecular complexity index is 116. The second-order valence-corrected chi connectivity index (χ2v) is 1.17. The number of aliphatic imine (C=N–C) groups is 1. The molecule has 0 saturated carbocycles. The summed E-state index contributed by atoms with van der Waals surface area (Å²) in [6.07, 6.45) is 3.15. The van der Waals surface area contributed by atoms with Crippen molar-refractivity contribution in [3.05, 3.63) is 24.6 Å². The van der Waals surface area contributed by atoms with Crippen molar-refractivity contribution in [2.75, 3.05) is 7.11 Å². The molecule has 0 saturated heterocycles. The van der Waals surface area contributed by atoms with E-state index in [9.17, 15) is 0 Å². The molecule has 0 aliphatic rings. The van der Waals surface area contributed by atoms with Gasteiger partial charge < -0.3 is 4.74 Å². The molecule has 8 heavy (non-hydrogen) atoms. The van der Waals surface area contributed by atoms with E-state index in [-0.39, 0.29) is 0 Å². The van der Waals surface area contributed by atoms with E-state index < -0.39 is 0 Å². The lowest BCUT2D eigenvalue weighted by Gasteiger charge is -1.91. The first-order valence-electron chi connectivity index (χ1n) is 2.16. The lowest BCUT2D eigenvalue weighted by Crippen LogP contribution is -1.74. The molecule has 0 radical (unpaired) electrons. The second-order valence-electron chi connectivity index (χ2n) is 1.17. The maximum absolute atomic E-state index is 4.68. The predicted octanol–water partition coefficient (Wildman–Crippen LogP) is 1.36. The standard InChI is InChI=1S/C6H9NO/c1-6(8-3)4-5-7-2/h4-5H,1-2H2,3H3/b5-4-. The van der Waals surface area contributed by atoms with Crippen LogP contribution in [0.15, 0.2) is 29.6 Å². The molecular weight excluding hydrogens is 102 g/mol. The molecule has 0 aliphatic heterocycles. The summed E-state index contributed by atoms with van der Waals surface area (Å²) in [7, 11) is 1.55. The van der Waals surface area contributed by atoms with Crippen LogP contribution in [0.25, 0.3) is 0 Å². The third kappa shape index (κ3) is 3.15. The minimum Gasteiger partial charge on any atom is -0.497 e. The van der Waals surface area contributed by atoms with Gasteiger partial charge in [-0.15, -0.1) is 0 Å². The van der Waals surface area contributed by atoms with Gasteiger partial charge >= 0.3 is 0 Å². The van der Waals surface area contributed by atoms with Gasteiger partial charge in [-0.2, -0.15) is 0 Å². The molecule has 0 fully saturated rings. The van der Waals surface area contributed by atoms with Gasteiger partial charge in [0.15, 0.2) is 0 Å². The van der Waals surface area contributed by atoms with E-state index in [0.29, 0.717) is 5.76 Å². The van der Waals surface area contributed by atoms with Crippen molar-refractivity contribution in [2.45, 2.75) is 0 Å². The molecule has 0 unspecified atom stereocenters. The number of hydrogen-bond donors (Lipinski definition) is 0. The Morgan fingerprint density at radius 2 is 2.38 bits per heavy atom. The van der Waals surface area contributed by atoms with Crippen LogP contribution in [-0.4, -0.2) is 13.8 Å². The van der Waals surface area contributed by atoms with Gasteiger partial charge in [-0.3, -0.25) is 4.99 Å². The van der Waals surface area contributed by atoms with Crippen LogP contribution in [0.1, 0.15) is 0 Å². The highest BCUT2D eigenvalue weighted by molar-refractivity contribution is 5.26. The first-order chi connectivity index (χ1) is 3.81. The van der Waals surface area contributed by atoms with Crippen molar-refractivity contribution < 1.29 is 4.74 Å². The van der Waals surface area contributed by atoms with E-state index in [2.05, 4.69) is 23.0 Å². The number of allylic oxidation sites excluding steroid dienone is 1. The van der Waals surface area contributed by atoms with Crippen molar-refractivity contribution in [1.29, 1.82) is 0 Å². The third-order valence-corrected chi connectivity index (χ3v) is 0.628. The average Bonchev–Trinajstić information content (AvgIpc) is 1.83. The normalized spacial score (nSPS) is 9.12. The van der Waals surface area contributed by atoms with Crippen LogP contribution in [0.2, 0.25) is 0 Å². The number of rotatable bonds is 3. The Morgan fingerprint density at radius 3 is 2.75 bits per heavy atom. The number of ether oxygens (including phenoxy) is 1. The Morgan fingerprint density at radius 1 is 1.75 bits per heavy atom. The highest BCUT2D eigenvalue weighted by Crippen LogP contribution is 1.90. The van der Waals surface area contributed by atoms with Gasteiger partial charge in [0.25, 0.3) is 0 Å². The molecule has 2 heteroatoms. The molecule has 0 atom stereocenters. The smallest absolute Gasteiger partial charge is 0.113 e. The van der Waals surface area contributed by atoms with Crippen molar-refractivity contribution in [2.24, 2.45) is 4.99 Å². The zero-order valence-corrected chi connectivity index (χ0v) is 4.92. The van der Waals surface area contributed by atoms with Crippen molar-refractivity contribution in [3.63, 3.8) is 0 Å². The zero-order valence-electron chi connectivity index (χ0n) is 4.92. The molecular formula is C6H9NO. The average molecular weight is 111 g/mol. The van der Waals surface area contributed by atoms with Crippen LogP contribution in [0.4, 0.5) is 0 Å². The monoisotopic (exact) mass is 111 g/mol. The number of hydrogen-bond acceptors (Lipinski definition) is 2. The highest BCUT2D eigenvalue weighted by atomic mass is 16.5. The lowest BCUT2D eigenvalue weighted by molar-refractivity contribution is 0.308. The third-order valence-electron chi connectivity index (χ3n) is 0.628. The molecule has 0 aromatic carbocycles. The molecule has 0 N–H and O–H groups in total. The SMILES string of the molecule is C=N/C=C\C(=C)OC. The van der Waals surface area contributed by atoms with Crippen LogP contribution >= 0.6 is 0 Å². The summed E-state index contributed by atoms with van der Waals surface area (Å²) in [5.41, 5.74) is 0. The van der Waals surface area contributed by atoms with Crippen LogP contribution in [0.3, 0.4) is 0 Å². The summed E-state index contributed by atoms with van der Waals surface area (Å²) in [5.74, 6) is 0.581. The molecule has 0 aliphatic carbocycles. The van der Waals surface area contributed by atoms with E-state index in [1.54, 1.807) is 13.2 Å². The summed E-state index contributed by atoms with van der Waals surface area (Å²) in [6, 6.07) is 0. The fraction of sp³-hybridized carbons (Fsp3) is 0.167. The molecule has 2 nitrogen and oxygen atoms in total. The van der Waals surface area contributed by atoms with Crippen LogP contribution in [-0.2, 0) is 4.74 Å². The van der Waals surface area contributed by atoms with Crippen LogP contribution in [0, 0.1) is 0 Å². The maximum atomic E-state index is 4.68. The Labute approximate surface area is 49.2 Å². The molecule has 0 rings (SSSR count). The van der Waals surface area contributed by atoms with E-state index in [1.165, 1.54) is 6.20 Å². The summed E-state index contributed by atoms with van der Waals surface area (Å²) in [6.45, 7) is 6.75. The zero-order chi connectivity index (χ0) is 6.41. The minimum absolute atomic E-state index is 0.581. The minimum atomic E-state index is 0.581. The second kappa shape index (κ2) is 4.12. The van der Waals surface area contributed by atoms with Crippen molar-refractivity contribution in [3.8, 4) is 0 Å². The molecule has 0 bridgehead atoms.